The summed E-state index contributed by atoms with van der Waals surface area (Å²) in [5.41, 5.74) is 2.52. The number of ether oxygens (including phenoxy) is 1. The maximum Gasteiger partial charge on any atom is 0.337 e. The Labute approximate surface area is 106 Å². The second-order valence-corrected chi connectivity index (χ2v) is 3.82. The molecule has 0 bridgehead atoms. The van der Waals surface area contributed by atoms with Crippen LogP contribution in [0.1, 0.15) is 15.9 Å². The minimum absolute atomic E-state index is 0.317. The molecule has 3 nitrogen and oxygen atoms in total. The molecule has 0 aliphatic carbocycles. The van der Waals surface area contributed by atoms with Gasteiger partial charge in [0.05, 0.1) is 12.7 Å². The highest BCUT2D eigenvalue weighted by atomic mass is 16.5. The SMILES string of the molecule is COC(=O)c1cccc(CNc2[c]cccc2)c1. The van der Waals surface area contributed by atoms with Crippen LogP contribution in [0.15, 0.2) is 48.5 Å². The highest BCUT2D eigenvalue weighted by Gasteiger charge is 2.05. The second kappa shape index (κ2) is 5.87. The Bertz CT molecular complexity index is 523. The molecule has 1 radical (unpaired) electrons. The fraction of sp³-hybridized carbons (Fsp3) is 0.133. The summed E-state index contributed by atoms with van der Waals surface area (Å²) in [6.45, 7) is 0.644. The number of benzene rings is 2. The Kier molecular flexibility index (Phi) is 3.97. The maximum absolute atomic E-state index is 11.4. The molecule has 0 amide bonds. The molecule has 2 rings (SSSR count). The van der Waals surface area contributed by atoms with Crippen molar-refractivity contribution in [3.05, 3.63) is 65.7 Å². The number of para-hydroxylation sites is 1. The Morgan fingerprint density at radius 1 is 1.28 bits per heavy atom. The third-order valence-corrected chi connectivity index (χ3v) is 2.54. The average Bonchev–Trinajstić information content (AvgIpc) is 2.45. The summed E-state index contributed by atoms with van der Waals surface area (Å²) < 4.78 is 4.69. The number of nitrogens with one attached hydrogen (secondary N) is 1. The standard InChI is InChI=1S/C15H14NO2/c1-18-15(17)13-7-5-6-12(10-13)11-16-14-8-3-2-4-9-14/h2-8,10,16H,11H2,1H3. The van der Waals surface area contributed by atoms with Crippen molar-refractivity contribution < 1.29 is 9.53 Å². The first kappa shape index (κ1) is 12.2. The smallest absolute Gasteiger partial charge is 0.337 e. The summed E-state index contributed by atoms with van der Waals surface area (Å²) in [6.07, 6.45) is 0. The summed E-state index contributed by atoms with van der Waals surface area (Å²) in [4.78, 5) is 11.4. The zero-order valence-electron chi connectivity index (χ0n) is 10.1. The van der Waals surface area contributed by atoms with Gasteiger partial charge in [-0.25, -0.2) is 4.79 Å². The van der Waals surface area contributed by atoms with E-state index in [1.54, 1.807) is 6.07 Å². The number of hydrogen-bond donors (Lipinski definition) is 1. The fourth-order valence-corrected chi connectivity index (χ4v) is 1.63. The molecule has 0 atom stereocenters. The molecule has 0 aliphatic rings. The molecule has 2 aromatic rings. The molecule has 0 spiro atoms. The molecule has 3 heteroatoms. The van der Waals surface area contributed by atoms with E-state index in [-0.39, 0.29) is 5.97 Å². The molecule has 0 saturated carbocycles. The van der Waals surface area contributed by atoms with E-state index in [0.29, 0.717) is 12.1 Å². The van der Waals surface area contributed by atoms with Crippen molar-refractivity contribution in [2.45, 2.75) is 6.54 Å². The first-order valence-electron chi connectivity index (χ1n) is 5.67. The zero-order chi connectivity index (χ0) is 12.8. The van der Waals surface area contributed by atoms with E-state index >= 15 is 0 Å². The molecule has 0 unspecified atom stereocenters. The summed E-state index contributed by atoms with van der Waals surface area (Å²) in [6, 6.07) is 18.1. The van der Waals surface area contributed by atoms with Gasteiger partial charge < -0.3 is 10.1 Å². The monoisotopic (exact) mass is 240 g/mol. The van der Waals surface area contributed by atoms with Gasteiger partial charge in [0.2, 0.25) is 0 Å². The summed E-state index contributed by atoms with van der Waals surface area (Å²) in [5.74, 6) is -0.317. The van der Waals surface area contributed by atoms with Gasteiger partial charge in [0.25, 0.3) is 0 Å². The van der Waals surface area contributed by atoms with Gasteiger partial charge in [-0.2, -0.15) is 0 Å². The number of anilines is 1. The van der Waals surface area contributed by atoms with Crippen LogP contribution in [0.25, 0.3) is 0 Å². The number of methoxy groups -OCH3 is 1. The highest BCUT2D eigenvalue weighted by Crippen LogP contribution is 2.10. The fourth-order valence-electron chi connectivity index (χ4n) is 1.63. The molecule has 0 saturated heterocycles. The third kappa shape index (κ3) is 3.10. The van der Waals surface area contributed by atoms with Crippen molar-refractivity contribution in [1.29, 1.82) is 0 Å². The van der Waals surface area contributed by atoms with Crippen molar-refractivity contribution in [3.8, 4) is 0 Å². The van der Waals surface area contributed by atoms with Crippen LogP contribution in [0.3, 0.4) is 0 Å². The molecule has 0 fully saturated rings. The van der Waals surface area contributed by atoms with Crippen molar-refractivity contribution in [2.75, 3.05) is 12.4 Å². The normalized spacial score (nSPS) is 9.83. The lowest BCUT2D eigenvalue weighted by atomic mass is 10.1. The lowest BCUT2D eigenvalue weighted by Crippen LogP contribution is -2.04. The van der Waals surface area contributed by atoms with Crippen LogP contribution in [0.4, 0.5) is 5.69 Å². The van der Waals surface area contributed by atoms with Crippen molar-refractivity contribution in [2.24, 2.45) is 0 Å². The molecule has 18 heavy (non-hydrogen) atoms. The van der Waals surface area contributed by atoms with Gasteiger partial charge in [-0.15, -0.1) is 0 Å². The third-order valence-electron chi connectivity index (χ3n) is 2.54. The first-order chi connectivity index (χ1) is 8.79. The van der Waals surface area contributed by atoms with E-state index in [4.69, 9.17) is 0 Å². The van der Waals surface area contributed by atoms with Gasteiger partial charge >= 0.3 is 5.97 Å². The van der Waals surface area contributed by atoms with E-state index in [1.807, 2.05) is 42.5 Å². The van der Waals surface area contributed by atoms with Gasteiger partial charge in [-0.1, -0.05) is 30.3 Å². The largest absolute Gasteiger partial charge is 0.465 e. The van der Waals surface area contributed by atoms with Crippen LogP contribution in [-0.4, -0.2) is 13.1 Å². The van der Waals surface area contributed by atoms with E-state index < -0.39 is 0 Å². The first-order valence-corrected chi connectivity index (χ1v) is 5.67. The van der Waals surface area contributed by atoms with Gasteiger partial charge in [0.15, 0.2) is 0 Å². The minimum Gasteiger partial charge on any atom is -0.465 e. The Balaban J connectivity index is 2.04. The van der Waals surface area contributed by atoms with Crippen LogP contribution in [0.2, 0.25) is 0 Å². The predicted molar refractivity (Wildman–Crippen MR) is 70.4 cm³/mol. The Hall–Kier alpha value is -2.29. The topological polar surface area (TPSA) is 38.3 Å². The second-order valence-electron chi connectivity index (χ2n) is 3.82. The number of rotatable bonds is 4. The molecule has 0 aromatic heterocycles. The van der Waals surface area contributed by atoms with Gasteiger partial charge in [-0.3, -0.25) is 0 Å². The number of hydrogen-bond acceptors (Lipinski definition) is 3. The molecular weight excluding hydrogens is 226 g/mol. The quantitative estimate of drug-likeness (QED) is 0.835. The van der Waals surface area contributed by atoms with Crippen LogP contribution >= 0.6 is 0 Å². The number of esters is 1. The van der Waals surface area contributed by atoms with Gasteiger partial charge in [0, 0.05) is 18.3 Å². The molecule has 2 aromatic carbocycles. The summed E-state index contributed by atoms with van der Waals surface area (Å²) in [7, 11) is 1.38. The Morgan fingerprint density at radius 2 is 2.17 bits per heavy atom. The van der Waals surface area contributed by atoms with Crippen molar-refractivity contribution in [1.82, 2.24) is 0 Å². The molecular formula is C15H14NO2. The number of carbonyl (C=O) groups excluding carboxylic acids is 1. The van der Waals surface area contributed by atoms with Crippen molar-refractivity contribution >= 4 is 11.7 Å². The average molecular weight is 240 g/mol. The summed E-state index contributed by atoms with van der Waals surface area (Å²) >= 11 is 0. The summed E-state index contributed by atoms with van der Waals surface area (Å²) in [5, 5.41) is 3.24. The predicted octanol–water partition coefficient (Wildman–Crippen LogP) is 2.89. The minimum atomic E-state index is -0.317. The number of carbonyl (C=O) groups is 1. The molecule has 0 aliphatic heterocycles. The molecule has 0 heterocycles. The van der Waals surface area contributed by atoms with Crippen LogP contribution in [0, 0.1) is 6.07 Å². The van der Waals surface area contributed by atoms with Crippen LogP contribution in [-0.2, 0) is 11.3 Å². The molecule has 1 N–H and O–H groups in total. The highest BCUT2D eigenvalue weighted by molar-refractivity contribution is 5.89. The Morgan fingerprint density at radius 3 is 2.89 bits per heavy atom. The van der Waals surface area contributed by atoms with E-state index in [2.05, 4.69) is 16.1 Å². The van der Waals surface area contributed by atoms with Gasteiger partial charge in [0.1, 0.15) is 0 Å². The zero-order valence-corrected chi connectivity index (χ0v) is 10.1. The van der Waals surface area contributed by atoms with E-state index in [0.717, 1.165) is 11.3 Å². The lowest BCUT2D eigenvalue weighted by molar-refractivity contribution is 0.0600. The van der Waals surface area contributed by atoms with E-state index in [1.165, 1.54) is 7.11 Å². The lowest BCUT2D eigenvalue weighted by Gasteiger charge is -2.07. The van der Waals surface area contributed by atoms with Crippen LogP contribution < -0.4 is 5.32 Å². The maximum atomic E-state index is 11.4. The van der Waals surface area contributed by atoms with E-state index in [9.17, 15) is 4.79 Å². The van der Waals surface area contributed by atoms with Gasteiger partial charge in [-0.05, 0) is 23.8 Å². The molecule has 91 valence electrons. The van der Waals surface area contributed by atoms with Crippen molar-refractivity contribution in [3.63, 3.8) is 0 Å². The van der Waals surface area contributed by atoms with Crippen LogP contribution in [0.5, 0.6) is 0 Å².